The van der Waals surface area contributed by atoms with E-state index in [0.717, 1.165) is 6.07 Å². The van der Waals surface area contributed by atoms with E-state index in [1.165, 1.54) is 12.1 Å². The zero-order valence-corrected chi connectivity index (χ0v) is 8.60. The normalized spacial score (nSPS) is 11.5. The second-order valence-corrected chi connectivity index (χ2v) is 4.45. The number of ether oxygens (including phenoxy) is 1. The Balaban J connectivity index is 2.68. The van der Waals surface area contributed by atoms with Gasteiger partial charge in [0.15, 0.2) is 0 Å². The molecule has 0 aliphatic carbocycles. The molecule has 0 fully saturated rings. The van der Waals surface area contributed by atoms with Crippen molar-refractivity contribution in [2.45, 2.75) is 20.8 Å². The van der Waals surface area contributed by atoms with E-state index in [-0.39, 0.29) is 11.2 Å². The van der Waals surface area contributed by atoms with Gasteiger partial charge in [0.2, 0.25) is 0 Å². The summed E-state index contributed by atoms with van der Waals surface area (Å²) in [7, 11) is 0. The molecule has 1 rings (SSSR count). The number of benzene rings is 1. The van der Waals surface area contributed by atoms with Crippen LogP contribution in [0.15, 0.2) is 18.2 Å². The maximum absolute atomic E-state index is 12.7. The molecule has 14 heavy (non-hydrogen) atoms. The predicted octanol–water partition coefficient (Wildman–Crippen LogP) is 3.39. The molecule has 0 atom stereocenters. The largest absolute Gasteiger partial charge is 0.493 e. The average Bonchev–Trinajstić information content (AvgIpc) is 1.97. The molecule has 78 valence electrons. The van der Waals surface area contributed by atoms with Crippen LogP contribution in [0.4, 0.5) is 8.78 Å². The van der Waals surface area contributed by atoms with Gasteiger partial charge in [-0.15, -0.1) is 0 Å². The first-order valence-corrected chi connectivity index (χ1v) is 4.46. The topological polar surface area (TPSA) is 9.23 Å². The van der Waals surface area contributed by atoms with Crippen LogP contribution >= 0.6 is 0 Å². The maximum atomic E-state index is 12.7. The lowest BCUT2D eigenvalue weighted by Gasteiger charge is -2.18. The summed E-state index contributed by atoms with van der Waals surface area (Å²) < 4.78 is 30.7. The van der Waals surface area contributed by atoms with E-state index in [1.54, 1.807) is 0 Å². The minimum Gasteiger partial charge on any atom is -0.493 e. The molecule has 1 aromatic carbocycles. The minimum atomic E-state index is -0.617. The quantitative estimate of drug-likeness (QED) is 0.711. The lowest BCUT2D eigenvalue weighted by atomic mass is 9.99. The molecular weight excluding hydrogens is 186 g/mol. The lowest BCUT2D eigenvalue weighted by molar-refractivity contribution is 0.196. The van der Waals surface area contributed by atoms with Crippen molar-refractivity contribution in [3.63, 3.8) is 0 Å². The van der Waals surface area contributed by atoms with E-state index in [4.69, 9.17) is 4.74 Å². The van der Waals surface area contributed by atoms with E-state index in [9.17, 15) is 8.78 Å². The minimum absolute atomic E-state index is 0.0250. The van der Waals surface area contributed by atoms with Crippen molar-refractivity contribution in [1.82, 2.24) is 0 Å². The van der Waals surface area contributed by atoms with Crippen molar-refractivity contribution < 1.29 is 13.5 Å². The zero-order chi connectivity index (χ0) is 10.8. The average molecular weight is 200 g/mol. The van der Waals surface area contributed by atoms with Crippen LogP contribution in [0.2, 0.25) is 0 Å². The lowest BCUT2D eigenvalue weighted by Crippen LogP contribution is -2.16. The van der Waals surface area contributed by atoms with E-state index in [2.05, 4.69) is 0 Å². The fourth-order valence-corrected chi connectivity index (χ4v) is 0.912. The SMILES string of the molecule is CC(C)(C)COc1cc(F)cc(F)c1. The van der Waals surface area contributed by atoms with E-state index in [1.807, 2.05) is 20.8 Å². The number of rotatable bonds is 2. The van der Waals surface area contributed by atoms with Gasteiger partial charge in [-0.1, -0.05) is 20.8 Å². The van der Waals surface area contributed by atoms with Crippen LogP contribution in [-0.2, 0) is 0 Å². The Hall–Kier alpha value is -1.12. The fourth-order valence-electron chi connectivity index (χ4n) is 0.912. The van der Waals surface area contributed by atoms with Crippen LogP contribution in [0.3, 0.4) is 0 Å². The van der Waals surface area contributed by atoms with Gasteiger partial charge in [0, 0.05) is 18.2 Å². The van der Waals surface area contributed by atoms with Gasteiger partial charge in [0.25, 0.3) is 0 Å². The number of hydrogen-bond acceptors (Lipinski definition) is 1. The monoisotopic (exact) mass is 200 g/mol. The summed E-state index contributed by atoms with van der Waals surface area (Å²) in [6.07, 6.45) is 0. The van der Waals surface area contributed by atoms with Gasteiger partial charge in [0.1, 0.15) is 17.4 Å². The molecule has 1 nitrogen and oxygen atoms in total. The molecule has 1 aromatic rings. The molecule has 0 radical (unpaired) electrons. The Morgan fingerprint density at radius 1 is 1.07 bits per heavy atom. The molecular formula is C11H14F2O. The Morgan fingerprint density at radius 3 is 2.00 bits per heavy atom. The summed E-state index contributed by atoms with van der Waals surface area (Å²) in [6, 6.07) is 3.17. The third-order valence-corrected chi connectivity index (χ3v) is 1.51. The first-order valence-electron chi connectivity index (χ1n) is 4.46. The summed E-state index contributed by atoms with van der Waals surface area (Å²) >= 11 is 0. The highest BCUT2D eigenvalue weighted by Gasteiger charge is 2.11. The molecule has 0 bridgehead atoms. The maximum Gasteiger partial charge on any atom is 0.129 e. The van der Waals surface area contributed by atoms with Crippen LogP contribution in [0.1, 0.15) is 20.8 Å². The third-order valence-electron chi connectivity index (χ3n) is 1.51. The van der Waals surface area contributed by atoms with Crippen LogP contribution in [0.5, 0.6) is 5.75 Å². The standard InChI is InChI=1S/C11H14F2O/c1-11(2,3)7-14-10-5-8(12)4-9(13)6-10/h4-6H,7H2,1-3H3. The number of halogens is 2. The van der Waals surface area contributed by atoms with Gasteiger partial charge in [0.05, 0.1) is 6.61 Å². The van der Waals surface area contributed by atoms with E-state index < -0.39 is 11.6 Å². The molecule has 0 heterocycles. The van der Waals surface area contributed by atoms with Gasteiger partial charge in [-0.2, -0.15) is 0 Å². The van der Waals surface area contributed by atoms with Crippen molar-refractivity contribution >= 4 is 0 Å². The van der Waals surface area contributed by atoms with Crippen molar-refractivity contribution in [2.24, 2.45) is 5.41 Å². The van der Waals surface area contributed by atoms with Gasteiger partial charge < -0.3 is 4.74 Å². The molecule has 0 aromatic heterocycles. The zero-order valence-electron chi connectivity index (χ0n) is 8.60. The molecule has 0 N–H and O–H groups in total. The van der Waals surface area contributed by atoms with Gasteiger partial charge in [-0.05, 0) is 5.41 Å². The van der Waals surface area contributed by atoms with Crippen molar-refractivity contribution in [3.8, 4) is 5.75 Å². The smallest absolute Gasteiger partial charge is 0.129 e. The summed E-state index contributed by atoms with van der Waals surface area (Å²) in [6.45, 7) is 6.39. The first-order chi connectivity index (χ1) is 6.37. The van der Waals surface area contributed by atoms with E-state index >= 15 is 0 Å². The predicted molar refractivity (Wildman–Crippen MR) is 51.3 cm³/mol. The Labute approximate surface area is 82.7 Å². The van der Waals surface area contributed by atoms with Crippen LogP contribution in [-0.4, -0.2) is 6.61 Å². The fraction of sp³-hybridized carbons (Fsp3) is 0.455. The Kier molecular flexibility index (Phi) is 3.09. The molecule has 0 unspecified atom stereocenters. The molecule has 0 aliphatic heterocycles. The third kappa shape index (κ3) is 3.73. The molecule has 0 saturated carbocycles. The van der Waals surface area contributed by atoms with E-state index in [0.29, 0.717) is 6.61 Å². The van der Waals surface area contributed by atoms with Gasteiger partial charge in [-0.3, -0.25) is 0 Å². The summed E-state index contributed by atoms with van der Waals surface area (Å²) in [5.74, 6) is -1.000. The molecule has 0 amide bonds. The van der Waals surface area contributed by atoms with Gasteiger partial charge >= 0.3 is 0 Å². The molecule has 0 aliphatic rings. The molecule has 0 spiro atoms. The van der Waals surface area contributed by atoms with Crippen molar-refractivity contribution in [1.29, 1.82) is 0 Å². The van der Waals surface area contributed by atoms with Crippen LogP contribution in [0.25, 0.3) is 0 Å². The first kappa shape index (κ1) is 11.0. The second kappa shape index (κ2) is 3.95. The van der Waals surface area contributed by atoms with Crippen molar-refractivity contribution in [2.75, 3.05) is 6.61 Å². The highest BCUT2D eigenvalue weighted by molar-refractivity contribution is 5.23. The highest BCUT2D eigenvalue weighted by atomic mass is 19.1. The summed E-state index contributed by atoms with van der Waals surface area (Å²) in [5.41, 5.74) is -0.0250. The van der Waals surface area contributed by atoms with Crippen LogP contribution in [0, 0.1) is 17.0 Å². The summed E-state index contributed by atoms with van der Waals surface area (Å²) in [5, 5.41) is 0. The highest BCUT2D eigenvalue weighted by Crippen LogP contribution is 2.19. The van der Waals surface area contributed by atoms with Gasteiger partial charge in [-0.25, -0.2) is 8.78 Å². The molecule has 3 heteroatoms. The summed E-state index contributed by atoms with van der Waals surface area (Å²) in [4.78, 5) is 0. The van der Waals surface area contributed by atoms with Crippen LogP contribution < -0.4 is 4.74 Å². The molecule has 0 saturated heterocycles. The Morgan fingerprint density at radius 2 is 1.57 bits per heavy atom. The second-order valence-electron chi connectivity index (χ2n) is 4.45. The van der Waals surface area contributed by atoms with Crippen molar-refractivity contribution in [3.05, 3.63) is 29.8 Å². The Bertz CT molecular complexity index is 295. The number of hydrogen-bond donors (Lipinski definition) is 0.